The second-order valence-electron chi connectivity index (χ2n) is 5.80. The summed E-state index contributed by atoms with van der Waals surface area (Å²) in [6.07, 6.45) is 1.30. The van der Waals surface area contributed by atoms with Crippen LogP contribution in [0, 0.1) is 24.0 Å². The lowest BCUT2D eigenvalue weighted by Crippen LogP contribution is -2.12. The highest BCUT2D eigenvalue weighted by Gasteiger charge is 2.20. The zero-order valence-corrected chi connectivity index (χ0v) is 15.4. The molecule has 144 valence electrons. The lowest BCUT2D eigenvalue weighted by molar-refractivity contribution is -0.384. The lowest BCUT2D eigenvalue weighted by Gasteiger charge is -2.11. The molecule has 2 heterocycles. The van der Waals surface area contributed by atoms with E-state index < -0.39 is 10.9 Å². The molecule has 0 atom stereocenters. The minimum absolute atomic E-state index is 0.0329. The predicted octanol–water partition coefficient (Wildman–Crippen LogP) is 3.16. The van der Waals surface area contributed by atoms with E-state index in [1.165, 1.54) is 35.1 Å². The molecular weight excluding hydrogens is 366 g/mol. The van der Waals surface area contributed by atoms with Crippen LogP contribution in [-0.4, -0.2) is 37.2 Å². The molecule has 0 radical (unpaired) electrons. The maximum absolute atomic E-state index is 12.2. The molecule has 0 N–H and O–H groups in total. The quantitative estimate of drug-likeness (QED) is 0.361. The van der Waals surface area contributed by atoms with Gasteiger partial charge in [-0.15, -0.1) is 0 Å². The fraction of sp³-hybridized carbons (Fsp3) is 0.222. The largest absolute Gasteiger partial charge is 0.462 e. The Kier molecular flexibility index (Phi) is 5.30. The van der Waals surface area contributed by atoms with Crippen molar-refractivity contribution in [1.82, 2.24) is 19.7 Å². The van der Waals surface area contributed by atoms with Gasteiger partial charge >= 0.3 is 5.97 Å². The number of esters is 1. The minimum atomic E-state index is -0.640. The summed E-state index contributed by atoms with van der Waals surface area (Å²) >= 11 is 0. The van der Waals surface area contributed by atoms with Gasteiger partial charge in [-0.1, -0.05) is 0 Å². The molecule has 0 unspecified atom stereocenters. The molecule has 0 amide bonds. The molecular formula is C18H17N5O5. The smallest absolute Gasteiger partial charge is 0.345 e. The summed E-state index contributed by atoms with van der Waals surface area (Å²) < 4.78 is 12.2. The number of hydrogen-bond donors (Lipinski definition) is 0. The number of ether oxygens (including phenoxy) is 2. The van der Waals surface area contributed by atoms with Gasteiger partial charge in [-0.3, -0.25) is 10.1 Å². The number of nitrogens with zero attached hydrogens (tertiary/aromatic N) is 5. The third-order valence-corrected chi connectivity index (χ3v) is 3.70. The molecule has 28 heavy (non-hydrogen) atoms. The molecule has 1 aromatic carbocycles. The van der Waals surface area contributed by atoms with Gasteiger partial charge in [-0.2, -0.15) is 10.1 Å². The number of carbonyl (C=O) groups excluding carboxylic acids is 1. The van der Waals surface area contributed by atoms with Crippen molar-refractivity contribution in [2.75, 3.05) is 6.61 Å². The fourth-order valence-corrected chi connectivity index (χ4v) is 2.47. The van der Waals surface area contributed by atoms with E-state index in [1.807, 2.05) is 19.9 Å². The van der Waals surface area contributed by atoms with Crippen molar-refractivity contribution >= 4 is 11.7 Å². The number of aromatic nitrogens is 4. The van der Waals surface area contributed by atoms with Crippen LogP contribution in [0.1, 0.15) is 28.7 Å². The van der Waals surface area contributed by atoms with Gasteiger partial charge in [-0.05, 0) is 39.0 Å². The van der Waals surface area contributed by atoms with Crippen molar-refractivity contribution in [3.63, 3.8) is 0 Å². The van der Waals surface area contributed by atoms with Crippen LogP contribution in [0.2, 0.25) is 0 Å². The van der Waals surface area contributed by atoms with Crippen molar-refractivity contribution in [2.24, 2.45) is 0 Å². The van der Waals surface area contributed by atoms with Crippen molar-refractivity contribution in [1.29, 1.82) is 0 Å². The topological polar surface area (TPSA) is 122 Å². The van der Waals surface area contributed by atoms with Gasteiger partial charge in [0.15, 0.2) is 0 Å². The predicted molar refractivity (Wildman–Crippen MR) is 97.8 cm³/mol. The number of non-ortho nitro benzene ring substituents is 1. The first-order chi connectivity index (χ1) is 13.4. The van der Waals surface area contributed by atoms with E-state index in [2.05, 4.69) is 15.1 Å². The fourth-order valence-electron chi connectivity index (χ4n) is 2.47. The van der Waals surface area contributed by atoms with Gasteiger partial charge < -0.3 is 9.47 Å². The second-order valence-corrected chi connectivity index (χ2v) is 5.80. The maximum atomic E-state index is 12.2. The first-order valence-electron chi connectivity index (χ1n) is 8.39. The molecule has 0 spiro atoms. The first-order valence-corrected chi connectivity index (χ1v) is 8.39. The Morgan fingerprint density at radius 2 is 1.96 bits per heavy atom. The molecule has 0 aliphatic rings. The molecule has 0 aliphatic heterocycles. The number of hydrogen-bond acceptors (Lipinski definition) is 8. The van der Waals surface area contributed by atoms with Crippen LogP contribution >= 0.6 is 0 Å². The van der Waals surface area contributed by atoms with E-state index in [9.17, 15) is 14.9 Å². The van der Waals surface area contributed by atoms with Crippen LogP contribution < -0.4 is 4.74 Å². The second kappa shape index (κ2) is 7.82. The molecule has 3 rings (SSSR count). The highest BCUT2D eigenvalue weighted by atomic mass is 16.6. The molecule has 0 saturated heterocycles. The number of benzene rings is 1. The van der Waals surface area contributed by atoms with E-state index in [0.717, 1.165) is 11.4 Å². The summed E-state index contributed by atoms with van der Waals surface area (Å²) in [6, 6.07) is 7.28. The summed E-state index contributed by atoms with van der Waals surface area (Å²) in [5.41, 5.74) is 1.55. The molecule has 10 heteroatoms. The Bertz CT molecular complexity index is 1030. The van der Waals surface area contributed by atoms with E-state index in [1.54, 1.807) is 6.92 Å². The van der Waals surface area contributed by atoms with Gasteiger partial charge in [0, 0.05) is 17.8 Å². The van der Waals surface area contributed by atoms with Crippen LogP contribution in [0.5, 0.6) is 11.6 Å². The van der Waals surface area contributed by atoms with Gasteiger partial charge in [0.2, 0.25) is 5.88 Å². The molecule has 0 fully saturated rings. The van der Waals surface area contributed by atoms with Crippen molar-refractivity contribution in [2.45, 2.75) is 20.8 Å². The third kappa shape index (κ3) is 3.95. The molecule has 3 aromatic rings. The molecule has 10 nitrogen and oxygen atoms in total. The highest BCUT2D eigenvalue weighted by molar-refractivity contribution is 5.91. The summed E-state index contributed by atoms with van der Waals surface area (Å²) in [6.45, 7) is 5.54. The van der Waals surface area contributed by atoms with Crippen LogP contribution in [0.25, 0.3) is 5.95 Å². The number of nitro benzene ring substituents is 1. The first kappa shape index (κ1) is 19.0. The summed E-state index contributed by atoms with van der Waals surface area (Å²) in [5.74, 6) is -0.186. The van der Waals surface area contributed by atoms with Crippen LogP contribution in [-0.2, 0) is 4.74 Å². The summed E-state index contributed by atoms with van der Waals surface area (Å²) in [7, 11) is 0. The Labute approximate surface area is 159 Å². The lowest BCUT2D eigenvalue weighted by atomic mass is 10.3. The normalized spacial score (nSPS) is 10.5. The van der Waals surface area contributed by atoms with Crippen molar-refractivity contribution in [3.05, 3.63) is 63.6 Å². The number of nitro groups is 1. The average Bonchev–Trinajstić information content (AvgIpc) is 3.00. The molecule has 0 bridgehead atoms. The van der Waals surface area contributed by atoms with E-state index in [-0.39, 0.29) is 35.4 Å². The van der Waals surface area contributed by atoms with Crippen LogP contribution in [0.4, 0.5) is 5.69 Å². The Morgan fingerprint density at radius 1 is 1.25 bits per heavy atom. The van der Waals surface area contributed by atoms with Crippen molar-refractivity contribution < 1.29 is 19.2 Å². The number of carbonyl (C=O) groups is 1. The van der Waals surface area contributed by atoms with Gasteiger partial charge in [0.1, 0.15) is 11.3 Å². The van der Waals surface area contributed by atoms with E-state index >= 15 is 0 Å². The monoisotopic (exact) mass is 383 g/mol. The van der Waals surface area contributed by atoms with Crippen LogP contribution in [0.15, 0.2) is 36.5 Å². The third-order valence-electron chi connectivity index (χ3n) is 3.70. The standard InChI is InChI=1S/C18H17N5O5/c1-4-27-17(24)15-10-19-18(22-12(3)9-11(2)21-22)20-16(15)28-14-7-5-13(6-8-14)23(25)26/h5-10H,4H2,1-3H3. The summed E-state index contributed by atoms with van der Waals surface area (Å²) in [4.78, 5) is 31.0. The van der Waals surface area contributed by atoms with Crippen molar-refractivity contribution in [3.8, 4) is 17.6 Å². The van der Waals surface area contributed by atoms with E-state index in [4.69, 9.17) is 9.47 Å². The SMILES string of the molecule is CCOC(=O)c1cnc(-n2nc(C)cc2C)nc1Oc1ccc([N+](=O)[O-])cc1. The molecule has 0 aliphatic carbocycles. The average molecular weight is 383 g/mol. The van der Waals surface area contributed by atoms with Gasteiger partial charge in [0.05, 0.1) is 23.4 Å². The van der Waals surface area contributed by atoms with E-state index in [0.29, 0.717) is 0 Å². The number of aryl methyl sites for hydroxylation is 2. The number of rotatable bonds is 6. The molecule has 0 saturated carbocycles. The highest BCUT2D eigenvalue weighted by Crippen LogP contribution is 2.26. The summed E-state index contributed by atoms with van der Waals surface area (Å²) in [5, 5.41) is 15.1. The minimum Gasteiger partial charge on any atom is -0.462 e. The van der Waals surface area contributed by atoms with Gasteiger partial charge in [-0.25, -0.2) is 14.5 Å². The Balaban J connectivity index is 2.01. The van der Waals surface area contributed by atoms with Gasteiger partial charge in [0.25, 0.3) is 11.6 Å². The zero-order chi connectivity index (χ0) is 20.3. The maximum Gasteiger partial charge on any atom is 0.345 e. The van der Waals surface area contributed by atoms with Crippen LogP contribution in [0.3, 0.4) is 0 Å². The molecule has 2 aromatic heterocycles. The Morgan fingerprint density at radius 3 is 2.54 bits per heavy atom. The zero-order valence-electron chi connectivity index (χ0n) is 15.4. The Hall–Kier alpha value is -3.82.